The summed E-state index contributed by atoms with van der Waals surface area (Å²) in [5.74, 6) is 1.18. The number of nitrogens with one attached hydrogen (secondary N) is 1. The summed E-state index contributed by atoms with van der Waals surface area (Å²) in [5, 5.41) is 8.43. The van der Waals surface area contributed by atoms with E-state index in [1.54, 1.807) is 12.1 Å². The lowest BCUT2D eigenvalue weighted by Gasteiger charge is -2.19. The lowest BCUT2D eigenvalue weighted by Crippen LogP contribution is -2.27. The number of hydrogen-bond acceptors (Lipinski definition) is 4. The Hall–Kier alpha value is -1.10. The van der Waals surface area contributed by atoms with Crippen molar-refractivity contribution in [2.24, 2.45) is 0 Å². The molecule has 19 heavy (non-hydrogen) atoms. The van der Waals surface area contributed by atoms with Crippen molar-refractivity contribution in [3.63, 3.8) is 0 Å². The van der Waals surface area contributed by atoms with Gasteiger partial charge in [0.2, 0.25) is 0 Å². The molecule has 6 heteroatoms. The molecule has 0 bridgehead atoms. The van der Waals surface area contributed by atoms with Gasteiger partial charge in [-0.05, 0) is 37.6 Å². The van der Waals surface area contributed by atoms with Crippen LogP contribution in [0.25, 0.3) is 11.5 Å². The maximum absolute atomic E-state index is 5.99. The number of benzene rings is 1. The zero-order chi connectivity index (χ0) is 13.2. The summed E-state index contributed by atoms with van der Waals surface area (Å²) in [6, 6.07) is 5.46. The first-order valence-corrected chi connectivity index (χ1v) is 7.02. The Bertz CT molecular complexity index is 579. The molecule has 2 heterocycles. The van der Waals surface area contributed by atoms with Crippen molar-refractivity contribution in [1.82, 2.24) is 15.5 Å². The van der Waals surface area contributed by atoms with Crippen LogP contribution in [0.2, 0.25) is 10.0 Å². The van der Waals surface area contributed by atoms with Gasteiger partial charge in [-0.1, -0.05) is 34.8 Å². The van der Waals surface area contributed by atoms with E-state index in [9.17, 15) is 0 Å². The molecule has 1 aliphatic rings. The molecular formula is C13H13Cl2N3O. The Morgan fingerprint density at radius 2 is 2.11 bits per heavy atom. The van der Waals surface area contributed by atoms with E-state index in [2.05, 4.69) is 15.5 Å². The number of aromatic nitrogens is 2. The van der Waals surface area contributed by atoms with Crippen molar-refractivity contribution in [2.75, 3.05) is 6.54 Å². The molecule has 3 rings (SSSR count). The second-order valence-corrected chi connectivity index (χ2v) is 5.40. The van der Waals surface area contributed by atoms with Gasteiger partial charge in [0.15, 0.2) is 5.82 Å². The lowest BCUT2D eigenvalue weighted by molar-refractivity contribution is 0.367. The van der Waals surface area contributed by atoms with E-state index in [0.717, 1.165) is 18.5 Å². The largest absolute Gasteiger partial charge is 0.334 e. The van der Waals surface area contributed by atoms with E-state index < -0.39 is 0 Å². The highest BCUT2D eigenvalue weighted by Gasteiger charge is 2.20. The van der Waals surface area contributed by atoms with Crippen molar-refractivity contribution in [2.45, 2.75) is 25.3 Å². The molecule has 0 amide bonds. The first-order valence-electron chi connectivity index (χ1n) is 6.26. The summed E-state index contributed by atoms with van der Waals surface area (Å²) < 4.78 is 5.30. The fourth-order valence-electron chi connectivity index (χ4n) is 2.20. The van der Waals surface area contributed by atoms with Crippen LogP contribution in [0.5, 0.6) is 0 Å². The van der Waals surface area contributed by atoms with Crippen molar-refractivity contribution in [3.05, 3.63) is 34.1 Å². The molecule has 1 saturated heterocycles. The van der Waals surface area contributed by atoms with Gasteiger partial charge in [-0.3, -0.25) is 0 Å². The normalized spacial score (nSPS) is 19.6. The summed E-state index contributed by atoms with van der Waals surface area (Å²) in [6.07, 6.45) is 3.43. The Morgan fingerprint density at radius 1 is 1.21 bits per heavy atom. The molecule has 0 saturated carbocycles. The van der Waals surface area contributed by atoms with Crippen LogP contribution in [0.4, 0.5) is 0 Å². The van der Waals surface area contributed by atoms with E-state index in [-0.39, 0.29) is 6.04 Å². The minimum absolute atomic E-state index is 0.189. The number of rotatable bonds is 2. The minimum Gasteiger partial charge on any atom is -0.334 e. The third kappa shape index (κ3) is 2.76. The van der Waals surface area contributed by atoms with Crippen molar-refractivity contribution in [1.29, 1.82) is 0 Å². The highest BCUT2D eigenvalue weighted by Crippen LogP contribution is 2.29. The van der Waals surface area contributed by atoms with Crippen LogP contribution in [0, 0.1) is 0 Å². The van der Waals surface area contributed by atoms with Crippen LogP contribution < -0.4 is 5.32 Å². The smallest absolute Gasteiger partial charge is 0.258 e. The van der Waals surface area contributed by atoms with Gasteiger partial charge in [0.25, 0.3) is 5.89 Å². The SMILES string of the molecule is Clc1ccc(-c2nc(C3CCCCN3)no2)cc1Cl. The number of piperidine rings is 1. The van der Waals surface area contributed by atoms with Gasteiger partial charge in [-0.15, -0.1) is 0 Å². The summed E-state index contributed by atoms with van der Waals surface area (Å²) in [5.41, 5.74) is 0.781. The molecule has 2 aromatic rings. The molecule has 1 aliphatic heterocycles. The van der Waals surface area contributed by atoms with E-state index >= 15 is 0 Å². The van der Waals surface area contributed by atoms with Crippen LogP contribution in [0.1, 0.15) is 31.1 Å². The molecule has 100 valence electrons. The predicted octanol–water partition coefficient (Wildman–Crippen LogP) is 3.86. The lowest BCUT2D eigenvalue weighted by atomic mass is 10.0. The molecule has 1 aromatic carbocycles. The standard InChI is InChI=1S/C13H13Cl2N3O/c14-9-5-4-8(7-10(9)15)13-17-12(18-19-13)11-3-1-2-6-16-11/h4-5,7,11,16H,1-3,6H2. The van der Waals surface area contributed by atoms with Crippen LogP contribution in [-0.2, 0) is 0 Å². The molecular weight excluding hydrogens is 285 g/mol. The monoisotopic (exact) mass is 297 g/mol. The average molecular weight is 298 g/mol. The third-order valence-electron chi connectivity index (χ3n) is 3.23. The maximum atomic E-state index is 5.99. The second-order valence-electron chi connectivity index (χ2n) is 4.59. The molecule has 0 radical (unpaired) electrons. The Labute approximate surface area is 121 Å². The zero-order valence-electron chi connectivity index (χ0n) is 10.2. The Morgan fingerprint density at radius 3 is 2.84 bits per heavy atom. The van der Waals surface area contributed by atoms with Gasteiger partial charge in [0, 0.05) is 5.56 Å². The van der Waals surface area contributed by atoms with Gasteiger partial charge >= 0.3 is 0 Å². The number of halogens is 2. The number of nitrogens with zero attached hydrogens (tertiary/aromatic N) is 2. The van der Waals surface area contributed by atoms with Crippen molar-refractivity contribution in [3.8, 4) is 11.5 Å². The molecule has 1 N–H and O–H groups in total. The molecule has 1 unspecified atom stereocenters. The van der Waals surface area contributed by atoms with Gasteiger partial charge in [-0.25, -0.2) is 0 Å². The first kappa shape index (κ1) is 12.9. The zero-order valence-corrected chi connectivity index (χ0v) is 11.7. The fraction of sp³-hybridized carbons (Fsp3) is 0.385. The van der Waals surface area contributed by atoms with Crippen LogP contribution in [0.3, 0.4) is 0 Å². The summed E-state index contributed by atoms with van der Waals surface area (Å²) in [6.45, 7) is 1.00. The van der Waals surface area contributed by atoms with E-state index in [1.165, 1.54) is 12.8 Å². The summed E-state index contributed by atoms with van der Waals surface area (Å²) in [7, 11) is 0. The second kappa shape index (κ2) is 5.49. The molecule has 0 aliphatic carbocycles. The fourth-order valence-corrected chi connectivity index (χ4v) is 2.49. The highest BCUT2D eigenvalue weighted by molar-refractivity contribution is 6.42. The van der Waals surface area contributed by atoms with Crippen molar-refractivity contribution >= 4 is 23.2 Å². The third-order valence-corrected chi connectivity index (χ3v) is 3.97. The molecule has 1 aromatic heterocycles. The van der Waals surface area contributed by atoms with Crippen LogP contribution in [-0.4, -0.2) is 16.7 Å². The van der Waals surface area contributed by atoms with Crippen molar-refractivity contribution < 1.29 is 4.52 Å². The Balaban J connectivity index is 1.85. The van der Waals surface area contributed by atoms with Crippen LogP contribution >= 0.6 is 23.2 Å². The maximum Gasteiger partial charge on any atom is 0.258 e. The van der Waals surface area contributed by atoms with Gasteiger partial charge in [0.05, 0.1) is 16.1 Å². The molecule has 4 nitrogen and oxygen atoms in total. The summed E-state index contributed by atoms with van der Waals surface area (Å²) >= 11 is 11.9. The predicted molar refractivity (Wildman–Crippen MR) is 74.3 cm³/mol. The van der Waals surface area contributed by atoms with Gasteiger partial charge in [0.1, 0.15) is 0 Å². The Kier molecular flexibility index (Phi) is 3.73. The minimum atomic E-state index is 0.189. The van der Waals surface area contributed by atoms with E-state index in [0.29, 0.717) is 21.8 Å². The van der Waals surface area contributed by atoms with Gasteiger partial charge < -0.3 is 9.84 Å². The van der Waals surface area contributed by atoms with Crippen LogP contribution in [0.15, 0.2) is 22.7 Å². The first-order chi connectivity index (χ1) is 9.24. The van der Waals surface area contributed by atoms with E-state index in [4.69, 9.17) is 27.7 Å². The van der Waals surface area contributed by atoms with E-state index in [1.807, 2.05) is 6.07 Å². The van der Waals surface area contributed by atoms with Gasteiger partial charge in [-0.2, -0.15) is 4.98 Å². The number of hydrogen-bond donors (Lipinski definition) is 1. The quantitative estimate of drug-likeness (QED) is 0.914. The molecule has 1 atom stereocenters. The highest BCUT2D eigenvalue weighted by atomic mass is 35.5. The molecule has 1 fully saturated rings. The molecule has 0 spiro atoms. The topological polar surface area (TPSA) is 51.0 Å². The average Bonchev–Trinajstić information content (AvgIpc) is 2.93. The summed E-state index contributed by atoms with van der Waals surface area (Å²) in [4.78, 5) is 4.43.